The Hall–Kier alpha value is -1.87. The van der Waals surface area contributed by atoms with E-state index in [1.807, 2.05) is 19.1 Å². The van der Waals surface area contributed by atoms with Gasteiger partial charge in [-0.3, -0.25) is 19.4 Å². The second-order valence-corrected chi connectivity index (χ2v) is 8.51. The van der Waals surface area contributed by atoms with Gasteiger partial charge in [-0.25, -0.2) is 0 Å². The normalized spacial score (nSPS) is 21.3. The molecule has 1 unspecified atom stereocenters. The van der Waals surface area contributed by atoms with Crippen molar-refractivity contribution in [1.82, 2.24) is 9.78 Å². The summed E-state index contributed by atoms with van der Waals surface area (Å²) in [5.74, 6) is 0.196. The molecular weight excluding hydrogens is 445 g/mol. The third-order valence-corrected chi connectivity index (χ3v) is 6.34. The van der Waals surface area contributed by atoms with E-state index in [0.29, 0.717) is 23.6 Å². The minimum atomic E-state index is -0.907. The highest BCUT2D eigenvalue weighted by molar-refractivity contribution is 14.1. The highest BCUT2D eigenvalue weighted by Crippen LogP contribution is 2.44. The predicted molar refractivity (Wildman–Crippen MR) is 107 cm³/mol. The van der Waals surface area contributed by atoms with Crippen molar-refractivity contribution in [2.75, 3.05) is 11.9 Å². The van der Waals surface area contributed by atoms with Gasteiger partial charge in [0.2, 0.25) is 0 Å². The molecule has 1 atom stereocenters. The number of hydrogen-bond acceptors (Lipinski definition) is 4. The van der Waals surface area contributed by atoms with E-state index in [1.54, 1.807) is 25.6 Å². The summed E-state index contributed by atoms with van der Waals surface area (Å²) in [6.07, 6.45) is 0. The predicted octanol–water partition coefficient (Wildman–Crippen LogP) is 2.82. The zero-order chi connectivity index (χ0) is 18.8. The molecule has 0 aliphatic carbocycles. The van der Waals surface area contributed by atoms with Crippen LogP contribution in [0.1, 0.15) is 36.5 Å². The highest BCUT2D eigenvalue weighted by Gasteiger charge is 2.45. The SMILES string of the molecule is Cc1ccc(C2C3=C(COC(C)(C)C3=O)Nc3c2c(=O)[nH]n3C)cc1I. The molecule has 6 nitrogen and oxygen atoms in total. The number of nitrogens with zero attached hydrogens (tertiary/aromatic N) is 1. The molecule has 0 spiro atoms. The number of carbonyl (C=O) groups excluding carboxylic acids is 1. The number of ketones is 1. The lowest BCUT2D eigenvalue weighted by molar-refractivity contribution is -0.137. The van der Waals surface area contributed by atoms with Gasteiger partial charge < -0.3 is 10.1 Å². The number of nitrogens with one attached hydrogen (secondary N) is 2. The van der Waals surface area contributed by atoms with E-state index in [9.17, 15) is 9.59 Å². The monoisotopic (exact) mass is 465 g/mol. The third kappa shape index (κ3) is 2.48. The van der Waals surface area contributed by atoms with E-state index in [0.717, 1.165) is 14.8 Å². The Morgan fingerprint density at radius 2 is 2.04 bits per heavy atom. The van der Waals surface area contributed by atoms with Crippen molar-refractivity contribution in [2.45, 2.75) is 32.3 Å². The van der Waals surface area contributed by atoms with E-state index < -0.39 is 11.5 Å². The number of Topliss-reactive ketones (excluding diaryl/α,β-unsaturated/α-hetero) is 1. The second-order valence-electron chi connectivity index (χ2n) is 7.35. The smallest absolute Gasteiger partial charge is 0.270 e. The van der Waals surface area contributed by atoms with Crippen LogP contribution in [0, 0.1) is 10.5 Å². The van der Waals surface area contributed by atoms with Crippen molar-refractivity contribution in [3.8, 4) is 0 Å². The Morgan fingerprint density at radius 1 is 1.31 bits per heavy atom. The van der Waals surface area contributed by atoms with Gasteiger partial charge in [0.05, 0.1) is 17.9 Å². The van der Waals surface area contributed by atoms with Gasteiger partial charge in [0.25, 0.3) is 5.56 Å². The zero-order valence-corrected chi connectivity index (χ0v) is 17.2. The first-order chi connectivity index (χ1) is 12.2. The van der Waals surface area contributed by atoms with Gasteiger partial charge in [0, 0.05) is 22.1 Å². The molecule has 0 saturated carbocycles. The van der Waals surface area contributed by atoms with Crippen molar-refractivity contribution < 1.29 is 9.53 Å². The van der Waals surface area contributed by atoms with E-state index in [-0.39, 0.29) is 11.3 Å². The topological polar surface area (TPSA) is 76.1 Å². The summed E-state index contributed by atoms with van der Waals surface area (Å²) in [5.41, 5.74) is 2.96. The maximum Gasteiger partial charge on any atom is 0.270 e. The number of rotatable bonds is 1. The van der Waals surface area contributed by atoms with E-state index in [4.69, 9.17) is 4.74 Å². The first kappa shape index (κ1) is 17.5. The van der Waals surface area contributed by atoms with Gasteiger partial charge in [-0.15, -0.1) is 0 Å². The van der Waals surface area contributed by atoms with Crippen LogP contribution in [0.15, 0.2) is 34.3 Å². The van der Waals surface area contributed by atoms with Crippen LogP contribution in [-0.2, 0) is 16.6 Å². The number of ether oxygens (including phenoxy) is 1. The summed E-state index contributed by atoms with van der Waals surface area (Å²) in [7, 11) is 1.78. The van der Waals surface area contributed by atoms with Crippen molar-refractivity contribution in [3.63, 3.8) is 0 Å². The molecule has 0 radical (unpaired) electrons. The maximum absolute atomic E-state index is 13.2. The molecule has 0 bridgehead atoms. The average Bonchev–Trinajstić information content (AvgIpc) is 2.86. The molecule has 1 aromatic carbocycles. The van der Waals surface area contributed by atoms with Crippen molar-refractivity contribution in [3.05, 3.63) is 60.1 Å². The first-order valence-corrected chi connectivity index (χ1v) is 9.52. The number of H-pyrrole nitrogens is 1. The number of fused-ring (bicyclic) bond motifs is 1. The van der Waals surface area contributed by atoms with Gasteiger partial charge in [0.15, 0.2) is 5.78 Å². The highest BCUT2D eigenvalue weighted by atomic mass is 127. The molecule has 0 fully saturated rings. The number of carbonyl (C=O) groups is 1. The number of hydrogen-bond donors (Lipinski definition) is 2. The van der Waals surface area contributed by atoms with Gasteiger partial charge in [-0.2, -0.15) is 0 Å². The van der Waals surface area contributed by atoms with Crippen LogP contribution >= 0.6 is 22.6 Å². The van der Waals surface area contributed by atoms with Crippen LogP contribution in [0.3, 0.4) is 0 Å². The second kappa shape index (κ2) is 5.82. The maximum atomic E-state index is 13.2. The molecule has 2 N–H and O–H groups in total. The number of anilines is 1. The number of benzene rings is 1. The average molecular weight is 465 g/mol. The van der Waals surface area contributed by atoms with Crippen LogP contribution in [0.2, 0.25) is 0 Å². The van der Waals surface area contributed by atoms with Crippen molar-refractivity contribution >= 4 is 34.2 Å². The number of aromatic amines is 1. The number of aryl methyl sites for hydroxylation is 2. The Bertz CT molecular complexity index is 1030. The summed E-state index contributed by atoms with van der Waals surface area (Å²) in [6, 6.07) is 6.09. The molecule has 136 valence electrons. The zero-order valence-electron chi connectivity index (χ0n) is 15.1. The van der Waals surface area contributed by atoms with Crippen LogP contribution in [0.4, 0.5) is 5.82 Å². The van der Waals surface area contributed by atoms with Crippen LogP contribution in [-0.4, -0.2) is 27.8 Å². The standard InChI is InChI=1S/C19H20IN3O3/c1-9-5-6-10(7-11(9)20)13-14-12(8-26-19(2,3)16(14)24)21-17-15(13)18(25)22-23(17)4/h5-7,13,21H,8H2,1-4H3,(H,22,25). The molecule has 26 heavy (non-hydrogen) atoms. The summed E-state index contributed by atoms with van der Waals surface area (Å²) in [6.45, 7) is 5.91. The lowest BCUT2D eigenvalue weighted by Gasteiger charge is -2.38. The van der Waals surface area contributed by atoms with E-state index >= 15 is 0 Å². The van der Waals surface area contributed by atoms with Gasteiger partial charge in [0.1, 0.15) is 11.4 Å². The lowest BCUT2D eigenvalue weighted by atomic mass is 9.76. The molecule has 7 heteroatoms. The molecule has 2 aromatic rings. The fourth-order valence-electron chi connectivity index (χ4n) is 3.65. The van der Waals surface area contributed by atoms with Gasteiger partial charge >= 0.3 is 0 Å². The van der Waals surface area contributed by atoms with Crippen LogP contribution < -0.4 is 10.9 Å². The fourth-order valence-corrected chi connectivity index (χ4v) is 4.19. The molecule has 0 saturated heterocycles. The van der Waals surface area contributed by atoms with E-state index in [2.05, 4.69) is 39.1 Å². The first-order valence-electron chi connectivity index (χ1n) is 8.44. The Labute approximate surface area is 164 Å². The molecular formula is C19H20IN3O3. The summed E-state index contributed by atoms with van der Waals surface area (Å²) >= 11 is 2.29. The van der Waals surface area contributed by atoms with Gasteiger partial charge in [-0.05, 0) is 60.6 Å². The fraction of sp³-hybridized carbons (Fsp3) is 0.368. The Morgan fingerprint density at radius 3 is 2.73 bits per heavy atom. The van der Waals surface area contributed by atoms with Gasteiger partial charge in [-0.1, -0.05) is 12.1 Å². The minimum Gasteiger partial charge on any atom is -0.361 e. The Balaban J connectivity index is 2.00. The minimum absolute atomic E-state index is 0.0827. The van der Waals surface area contributed by atoms with Crippen molar-refractivity contribution in [1.29, 1.82) is 0 Å². The summed E-state index contributed by atoms with van der Waals surface area (Å²) in [4.78, 5) is 25.9. The van der Waals surface area contributed by atoms with Crippen molar-refractivity contribution in [2.24, 2.45) is 7.05 Å². The molecule has 2 aliphatic heterocycles. The molecule has 0 amide bonds. The molecule has 3 heterocycles. The van der Waals surface area contributed by atoms with E-state index in [1.165, 1.54) is 5.56 Å². The van der Waals surface area contributed by atoms with Crippen LogP contribution in [0.25, 0.3) is 0 Å². The van der Waals surface area contributed by atoms with Crippen LogP contribution in [0.5, 0.6) is 0 Å². The number of halogens is 1. The molecule has 2 aliphatic rings. The molecule has 4 rings (SSSR count). The number of aromatic nitrogens is 2. The molecule has 1 aromatic heterocycles. The largest absolute Gasteiger partial charge is 0.361 e. The lowest BCUT2D eigenvalue weighted by Crippen LogP contribution is -2.45. The third-order valence-electron chi connectivity index (χ3n) is 5.17. The quantitative estimate of drug-likeness (QED) is 0.636. The summed E-state index contributed by atoms with van der Waals surface area (Å²) in [5, 5.41) is 6.05. The summed E-state index contributed by atoms with van der Waals surface area (Å²) < 4.78 is 8.54. The Kier molecular flexibility index (Phi) is 3.92.